The molecule has 1 rings (SSSR count). The first-order chi connectivity index (χ1) is 7.57. The molecule has 0 unspecified atom stereocenters. The predicted octanol–water partition coefficient (Wildman–Crippen LogP) is 1.33. The number of nitrogens with zero attached hydrogens (tertiary/aromatic N) is 1. The van der Waals surface area contributed by atoms with Crippen LogP contribution in [0.1, 0.15) is 13.3 Å². The molecule has 1 saturated carbocycles. The Labute approximate surface area is 94.9 Å². The second-order valence-electron chi connectivity index (χ2n) is 4.18. The predicted molar refractivity (Wildman–Crippen MR) is 57.1 cm³/mol. The summed E-state index contributed by atoms with van der Waals surface area (Å²) in [5.41, 5.74) is -1.21. The average molecular weight is 221 g/mol. The number of aldehydes is 1. The first-order valence-corrected chi connectivity index (χ1v) is 5.15. The summed E-state index contributed by atoms with van der Waals surface area (Å²) in [5, 5.41) is 9.21. The molecule has 0 N–H and O–H groups in total. The zero-order chi connectivity index (χ0) is 12.3. The van der Waals surface area contributed by atoms with E-state index in [1.165, 1.54) is 7.11 Å². The first kappa shape index (κ1) is 12.4. The third kappa shape index (κ3) is 1.53. The van der Waals surface area contributed by atoms with Crippen molar-refractivity contribution in [1.29, 1.82) is 5.26 Å². The molecule has 0 saturated heterocycles. The fourth-order valence-corrected chi connectivity index (χ4v) is 2.50. The van der Waals surface area contributed by atoms with Gasteiger partial charge in [0, 0.05) is 5.92 Å². The van der Waals surface area contributed by atoms with Crippen LogP contribution >= 0.6 is 0 Å². The van der Waals surface area contributed by atoms with Crippen LogP contribution in [0.3, 0.4) is 0 Å². The van der Waals surface area contributed by atoms with Crippen molar-refractivity contribution in [2.24, 2.45) is 23.2 Å². The highest BCUT2D eigenvalue weighted by atomic mass is 16.5. The van der Waals surface area contributed by atoms with E-state index in [0.29, 0.717) is 6.42 Å². The van der Waals surface area contributed by atoms with Crippen molar-refractivity contribution in [1.82, 2.24) is 0 Å². The van der Waals surface area contributed by atoms with E-state index in [1.807, 2.05) is 6.07 Å². The summed E-state index contributed by atoms with van der Waals surface area (Å²) in [6.07, 6.45) is 2.75. The van der Waals surface area contributed by atoms with Gasteiger partial charge in [-0.2, -0.15) is 5.26 Å². The third-order valence-electron chi connectivity index (χ3n) is 3.62. The van der Waals surface area contributed by atoms with E-state index in [-0.39, 0.29) is 17.8 Å². The Hall–Kier alpha value is -1.63. The van der Waals surface area contributed by atoms with Gasteiger partial charge in [-0.25, -0.2) is 0 Å². The van der Waals surface area contributed by atoms with Crippen molar-refractivity contribution in [2.75, 3.05) is 7.11 Å². The van der Waals surface area contributed by atoms with Gasteiger partial charge in [-0.15, -0.1) is 6.58 Å². The minimum Gasteiger partial charge on any atom is -0.468 e. The van der Waals surface area contributed by atoms with Gasteiger partial charge in [0.05, 0.1) is 13.2 Å². The zero-order valence-electron chi connectivity index (χ0n) is 9.47. The van der Waals surface area contributed by atoms with Crippen LogP contribution < -0.4 is 0 Å². The highest BCUT2D eigenvalue weighted by molar-refractivity contribution is 5.82. The molecule has 16 heavy (non-hydrogen) atoms. The van der Waals surface area contributed by atoms with Crippen molar-refractivity contribution in [3.05, 3.63) is 12.7 Å². The van der Waals surface area contributed by atoms with Crippen molar-refractivity contribution >= 4 is 12.3 Å². The second-order valence-corrected chi connectivity index (χ2v) is 4.18. The Morgan fingerprint density at radius 2 is 2.31 bits per heavy atom. The normalized spacial score (nSPS) is 37.4. The fourth-order valence-electron chi connectivity index (χ4n) is 2.50. The molecular weight excluding hydrogens is 206 g/mol. The Kier molecular flexibility index (Phi) is 3.48. The highest BCUT2D eigenvalue weighted by Gasteiger charge is 2.56. The smallest absolute Gasteiger partial charge is 0.326 e. The van der Waals surface area contributed by atoms with Crippen LogP contribution in [-0.4, -0.2) is 19.4 Å². The lowest BCUT2D eigenvalue weighted by atomic mass is 9.78. The molecule has 1 fully saturated rings. The maximum atomic E-state index is 11.7. The van der Waals surface area contributed by atoms with Gasteiger partial charge in [0.2, 0.25) is 0 Å². The lowest BCUT2D eigenvalue weighted by molar-refractivity contribution is -0.151. The summed E-state index contributed by atoms with van der Waals surface area (Å²) in [4.78, 5) is 22.7. The molecule has 0 heterocycles. The van der Waals surface area contributed by atoms with Gasteiger partial charge in [0.25, 0.3) is 0 Å². The number of rotatable bonds is 3. The summed E-state index contributed by atoms with van der Waals surface area (Å²) in [5.74, 6) is -1.37. The summed E-state index contributed by atoms with van der Waals surface area (Å²) < 4.78 is 4.67. The Bertz CT molecular complexity index is 358. The Morgan fingerprint density at radius 3 is 2.62 bits per heavy atom. The fraction of sp³-hybridized carbons (Fsp3) is 0.583. The van der Waals surface area contributed by atoms with Gasteiger partial charge in [-0.3, -0.25) is 4.79 Å². The van der Waals surface area contributed by atoms with Gasteiger partial charge in [-0.1, -0.05) is 13.0 Å². The summed E-state index contributed by atoms with van der Waals surface area (Å²) in [6.45, 7) is 5.38. The zero-order valence-corrected chi connectivity index (χ0v) is 9.47. The lowest BCUT2D eigenvalue weighted by Gasteiger charge is -2.23. The molecule has 0 radical (unpaired) electrons. The molecule has 0 aromatic carbocycles. The van der Waals surface area contributed by atoms with Crippen LogP contribution in [0.25, 0.3) is 0 Å². The summed E-state index contributed by atoms with van der Waals surface area (Å²) in [6, 6.07) is 2.03. The van der Waals surface area contributed by atoms with Crippen molar-refractivity contribution in [3.63, 3.8) is 0 Å². The number of nitriles is 1. The van der Waals surface area contributed by atoms with Crippen molar-refractivity contribution < 1.29 is 14.3 Å². The van der Waals surface area contributed by atoms with Crippen molar-refractivity contribution in [2.45, 2.75) is 13.3 Å². The van der Waals surface area contributed by atoms with E-state index in [4.69, 9.17) is 0 Å². The molecule has 1 aliphatic carbocycles. The molecule has 0 aliphatic heterocycles. The van der Waals surface area contributed by atoms with E-state index in [9.17, 15) is 14.9 Å². The number of hydrogen-bond donors (Lipinski definition) is 0. The molecule has 0 aromatic heterocycles. The van der Waals surface area contributed by atoms with Crippen LogP contribution in [0.4, 0.5) is 0 Å². The first-order valence-electron chi connectivity index (χ1n) is 5.15. The van der Waals surface area contributed by atoms with E-state index in [2.05, 4.69) is 11.3 Å². The number of carbonyl (C=O) groups excluding carboxylic acids is 2. The minimum absolute atomic E-state index is 0.133. The van der Waals surface area contributed by atoms with Crippen LogP contribution in [0.5, 0.6) is 0 Å². The monoisotopic (exact) mass is 221 g/mol. The van der Waals surface area contributed by atoms with Crippen molar-refractivity contribution in [3.8, 4) is 6.07 Å². The van der Waals surface area contributed by atoms with Crippen LogP contribution in [0.2, 0.25) is 0 Å². The van der Waals surface area contributed by atoms with Crippen LogP contribution in [0, 0.1) is 34.5 Å². The Balaban J connectivity index is 3.16. The largest absolute Gasteiger partial charge is 0.468 e. The summed E-state index contributed by atoms with van der Waals surface area (Å²) in [7, 11) is 1.26. The maximum Gasteiger partial charge on any atom is 0.326 e. The quantitative estimate of drug-likeness (QED) is 0.409. The van der Waals surface area contributed by atoms with E-state index in [0.717, 1.165) is 6.29 Å². The molecule has 4 heteroatoms. The molecule has 4 atom stereocenters. The molecule has 86 valence electrons. The molecule has 1 aliphatic rings. The number of methoxy groups -OCH3 is 1. The average Bonchev–Trinajstić information content (AvgIpc) is 2.61. The van der Waals surface area contributed by atoms with Gasteiger partial charge in [-0.05, 0) is 18.3 Å². The number of ether oxygens (including phenoxy) is 1. The van der Waals surface area contributed by atoms with Crippen LogP contribution in [-0.2, 0) is 14.3 Å². The topological polar surface area (TPSA) is 67.2 Å². The van der Waals surface area contributed by atoms with Gasteiger partial charge >= 0.3 is 5.97 Å². The molecular formula is C12H15NO3. The minimum atomic E-state index is -1.21. The van der Waals surface area contributed by atoms with Gasteiger partial charge in [0.1, 0.15) is 6.29 Å². The second kappa shape index (κ2) is 4.48. The van der Waals surface area contributed by atoms with E-state index in [1.54, 1.807) is 13.0 Å². The molecule has 0 bridgehead atoms. The Morgan fingerprint density at radius 1 is 1.69 bits per heavy atom. The number of hydrogen-bond acceptors (Lipinski definition) is 4. The molecule has 0 amide bonds. The lowest BCUT2D eigenvalue weighted by Crippen LogP contribution is -2.35. The number of carbonyl (C=O) groups is 2. The number of allylic oxidation sites excluding steroid dienone is 1. The van der Waals surface area contributed by atoms with Gasteiger partial charge in [0.15, 0.2) is 5.41 Å². The van der Waals surface area contributed by atoms with Crippen LogP contribution in [0.15, 0.2) is 12.7 Å². The van der Waals surface area contributed by atoms with Gasteiger partial charge < -0.3 is 9.53 Å². The molecule has 0 spiro atoms. The molecule has 0 aromatic rings. The highest BCUT2D eigenvalue weighted by Crippen LogP contribution is 2.50. The SMILES string of the molecule is C=C[C@H]1C[C@@](C#N)(C(=O)OC)[C@H](C)[C@H]1C=O. The van der Waals surface area contributed by atoms with E-state index < -0.39 is 11.4 Å². The standard InChI is InChI=1S/C12H15NO3/c1-4-9-5-12(7-13,11(15)16-3)8(2)10(9)6-14/h4,6,8-10H,1,5H2,2-3H3/t8-,9+,10-,12+/m1/s1. The number of esters is 1. The summed E-state index contributed by atoms with van der Waals surface area (Å²) >= 11 is 0. The maximum absolute atomic E-state index is 11.7. The third-order valence-corrected chi connectivity index (χ3v) is 3.62. The van der Waals surface area contributed by atoms with E-state index >= 15 is 0 Å². The molecule has 4 nitrogen and oxygen atoms in total.